The SMILES string of the molecule is CC(C)NCCC(C)N(Cc1cccs1)C(C)C. The topological polar surface area (TPSA) is 15.3 Å². The van der Waals surface area contributed by atoms with E-state index in [1.54, 1.807) is 0 Å². The summed E-state index contributed by atoms with van der Waals surface area (Å²) >= 11 is 1.86. The van der Waals surface area contributed by atoms with E-state index in [0.29, 0.717) is 18.1 Å². The van der Waals surface area contributed by atoms with Crippen LogP contribution >= 0.6 is 11.3 Å². The average Bonchev–Trinajstić information content (AvgIpc) is 2.77. The number of rotatable bonds is 8. The molecule has 0 amide bonds. The van der Waals surface area contributed by atoms with Crippen molar-refractivity contribution in [1.29, 1.82) is 0 Å². The summed E-state index contributed by atoms with van der Waals surface area (Å²) in [4.78, 5) is 4.06. The Morgan fingerprint density at radius 1 is 1.22 bits per heavy atom. The zero-order valence-electron chi connectivity index (χ0n) is 12.4. The van der Waals surface area contributed by atoms with Gasteiger partial charge in [0.05, 0.1) is 0 Å². The molecule has 0 aliphatic rings. The molecule has 3 heteroatoms. The second kappa shape index (κ2) is 7.93. The summed E-state index contributed by atoms with van der Waals surface area (Å²) in [6.45, 7) is 13.5. The van der Waals surface area contributed by atoms with Gasteiger partial charge in [-0.3, -0.25) is 4.90 Å². The maximum atomic E-state index is 3.50. The lowest BCUT2D eigenvalue weighted by Gasteiger charge is -2.32. The summed E-state index contributed by atoms with van der Waals surface area (Å²) < 4.78 is 0. The fraction of sp³-hybridized carbons (Fsp3) is 0.733. The molecule has 0 aromatic carbocycles. The quantitative estimate of drug-likeness (QED) is 0.773. The van der Waals surface area contributed by atoms with Crippen LogP contribution in [0.1, 0.15) is 45.9 Å². The van der Waals surface area contributed by atoms with Gasteiger partial charge in [0.1, 0.15) is 0 Å². The minimum absolute atomic E-state index is 0.585. The number of thiophene rings is 1. The first-order chi connectivity index (χ1) is 8.50. The molecule has 1 heterocycles. The molecule has 0 aliphatic carbocycles. The maximum absolute atomic E-state index is 3.50. The van der Waals surface area contributed by atoms with Crippen LogP contribution in [0.25, 0.3) is 0 Å². The molecule has 1 rings (SSSR count). The summed E-state index contributed by atoms with van der Waals surface area (Å²) in [5.74, 6) is 0. The van der Waals surface area contributed by atoms with Crippen molar-refractivity contribution in [3.05, 3.63) is 22.4 Å². The van der Waals surface area contributed by atoms with E-state index in [1.165, 1.54) is 11.3 Å². The van der Waals surface area contributed by atoms with E-state index in [1.807, 2.05) is 11.3 Å². The summed E-state index contributed by atoms with van der Waals surface area (Å²) in [5.41, 5.74) is 0. The molecule has 0 radical (unpaired) electrons. The highest BCUT2D eigenvalue weighted by molar-refractivity contribution is 7.09. The monoisotopic (exact) mass is 268 g/mol. The first kappa shape index (κ1) is 15.7. The Bertz CT molecular complexity index is 306. The van der Waals surface area contributed by atoms with Gasteiger partial charge in [-0.15, -0.1) is 11.3 Å². The van der Waals surface area contributed by atoms with Crippen molar-refractivity contribution < 1.29 is 0 Å². The molecular formula is C15H28N2S. The molecule has 1 unspecified atom stereocenters. The van der Waals surface area contributed by atoms with E-state index < -0.39 is 0 Å². The van der Waals surface area contributed by atoms with Crippen molar-refractivity contribution in [1.82, 2.24) is 10.2 Å². The Morgan fingerprint density at radius 2 is 1.94 bits per heavy atom. The third kappa shape index (κ3) is 5.51. The zero-order valence-corrected chi connectivity index (χ0v) is 13.3. The van der Waals surface area contributed by atoms with Gasteiger partial charge in [0.2, 0.25) is 0 Å². The number of nitrogens with one attached hydrogen (secondary N) is 1. The maximum Gasteiger partial charge on any atom is 0.0333 e. The lowest BCUT2D eigenvalue weighted by Crippen LogP contribution is -2.40. The number of hydrogen-bond acceptors (Lipinski definition) is 3. The molecule has 1 aromatic heterocycles. The van der Waals surface area contributed by atoms with Gasteiger partial charge in [-0.05, 0) is 45.2 Å². The summed E-state index contributed by atoms with van der Waals surface area (Å²) in [6, 6.07) is 6.18. The Morgan fingerprint density at radius 3 is 2.44 bits per heavy atom. The molecule has 0 fully saturated rings. The molecule has 18 heavy (non-hydrogen) atoms. The molecule has 2 nitrogen and oxygen atoms in total. The van der Waals surface area contributed by atoms with Crippen LogP contribution in [0.3, 0.4) is 0 Å². The molecule has 1 N–H and O–H groups in total. The molecule has 0 saturated carbocycles. The van der Waals surface area contributed by atoms with Gasteiger partial charge in [0.25, 0.3) is 0 Å². The highest BCUT2D eigenvalue weighted by atomic mass is 32.1. The van der Waals surface area contributed by atoms with Crippen LogP contribution in [-0.4, -0.2) is 29.6 Å². The third-order valence-corrected chi connectivity index (χ3v) is 4.12. The molecule has 1 aromatic rings. The standard InChI is InChI=1S/C15H28N2S/c1-12(2)16-9-8-14(5)17(13(3)4)11-15-7-6-10-18-15/h6-7,10,12-14,16H,8-9,11H2,1-5H3. The van der Waals surface area contributed by atoms with Crippen LogP contribution in [0.2, 0.25) is 0 Å². The second-order valence-electron chi connectivity index (χ2n) is 5.59. The van der Waals surface area contributed by atoms with Gasteiger partial charge in [-0.2, -0.15) is 0 Å². The van der Waals surface area contributed by atoms with E-state index in [0.717, 1.165) is 13.1 Å². The van der Waals surface area contributed by atoms with Crippen LogP contribution < -0.4 is 5.32 Å². The van der Waals surface area contributed by atoms with Crippen LogP contribution in [0, 0.1) is 0 Å². The minimum atomic E-state index is 0.585. The summed E-state index contributed by atoms with van der Waals surface area (Å²) in [7, 11) is 0. The molecule has 1 atom stereocenters. The summed E-state index contributed by atoms with van der Waals surface area (Å²) in [5, 5.41) is 5.67. The van der Waals surface area contributed by atoms with Gasteiger partial charge in [0.15, 0.2) is 0 Å². The van der Waals surface area contributed by atoms with Crippen molar-refractivity contribution >= 4 is 11.3 Å². The molecule has 0 aliphatic heterocycles. The Labute approximate surface area is 116 Å². The first-order valence-corrected chi connectivity index (χ1v) is 7.90. The van der Waals surface area contributed by atoms with Gasteiger partial charge >= 0.3 is 0 Å². The molecular weight excluding hydrogens is 240 g/mol. The molecule has 0 spiro atoms. The highest BCUT2D eigenvalue weighted by Gasteiger charge is 2.17. The van der Waals surface area contributed by atoms with Crippen LogP contribution in [-0.2, 0) is 6.54 Å². The first-order valence-electron chi connectivity index (χ1n) is 7.02. The zero-order chi connectivity index (χ0) is 13.5. The largest absolute Gasteiger partial charge is 0.314 e. The van der Waals surface area contributed by atoms with Crippen molar-refractivity contribution in [3.63, 3.8) is 0 Å². The third-order valence-electron chi connectivity index (χ3n) is 3.26. The van der Waals surface area contributed by atoms with Crippen molar-refractivity contribution in [2.24, 2.45) is 0 Å². The second-order valence-corrected chi connectivity index (χ2v) is 6.62. The Kier molecular flexibility index (Phi) is 6.90. The van der Waals surface area contributed by atoms with Gasteiger partial charge in [0, 0.05) is 29.5 Å². The van der Waals surface area contributed by atoms with Gasteiger partial charge in [-0.1, -0.05) is 19.9 Å². The molecule has 0 bridgehead atoms. The van der Waals surface area contributed by atoms with Gasteiger partial charge < -0.3 is 5.32 Å². The number of hydrogen-bond donors (Lipinski definition) is 1. The predicted octanol–water partition coefficient (Wildman–Crippen LogP) is 3.74. The van der Waals surface area contributed by atoms with E-state index in [9.17, 15) is 0 Å². The highest BCUT2D eigenvalue weighted by Crippen LogP contribution is 2.17. The van der Waals surface area contributed by atoms with Crippen molar-refractivity contribution in [2.45, 2.75) is 65.7 Å². The molecule has 104 valence electrons. The lowest BCUT2D eigenvalue weighted by atomic mass is 10.1. The van der Waals surface area contributed by atoms with E-state index in [2.05, 4.69) is 62.3 Å². The van der Waals surface area contributed by atoms with E-state index >= 15 is 0 Å². The van der Waals surface area contributed by atoms with E-state index in [4.69, 9.17) is 0 Å². The van der Waals surface area contributed by atoms with Gasteiger partial charge in [-0.25, -0.2) is 0 Å². The fourth-order valence-electron chi connectivity index (χ4n) is 2.18. The molecule has 0 saturated heterocycles. The Balaban J connectivity index is 2.45. The van der Waals surface area contributed by atoms with Crippen LogP contribution in [0.4, 0.5) is 0 Å². The van der Waals surface area contributed by atoms with E-state index in [-0.39, 0.29) is 0 Å². The fourth-order valence-corrected chi connectivity index (χ4v) is 2.89. The summed E-state index contributed by atoms with van der Waals surface area (Å²) in [6.07, 6.45) is 1.21. The lowest BCUT2D eigenvalue weighted by molar-refractivity contribution is 0.148. The predicted molar refractivity (Wildman–Crippen MR) is 82.2 cm³/mol. The van der Waals surface area contributed by atoms with Crippen LogP contribution in [0.15, 0.2) is 17.5 Å². The number of nitrogens with zero attached hydrogens (tertiary/aromatic N) is 1. The Hall–Kier alpha value is -0.380. The normalized spacial score (nSPS) is 13.8. The average molecular weight is 268 g/mol. The van der Waals surface area contributed by atoms with Crippen molar-refractivity contribution in [3.8, 4) is 0 Å². The smallest absolute Gasteiger partial charge is 0.0333 e. The van der Waals surface area contributed by atoms with Crippen LogP contribution in [0.5, 0.6) is 0 Å². The van der Waals surface area contributed by atoms with Crippen molar-refractivity contribution in [2.75, 3.05) is 6.54 Å². The minimum Gasteiger partial charge on any atom is -0.314 e.